The number of carbonyl (C=O) groups excluding carboxylic acids is 1. The Bertz CT molecular complexity index is 777. The average molecular weight is 362 g/mol. The molecule has 5 nitrogen and oxygen atoms in total. The lowest BCUT2D eigenvalue weighted by Crippen LogP contribution is -2.39. The van der Waals surface area contributed by atoms with Gasteiger partial charge in [0.05, 0.1) is 6.20 Å². The zero-order valence-corrected chi connectivity index (χ0v) is 14.5. The van der Waals surface area contributed by atoms with Gasteiger partial charge in [-0.25, -0.2) is 9.37 Å². The van der Waals surface area contributed by atoms with E-state index in [0.29, 0.717) is 35.0 Å². The highest BCUT2D eigenvalue weighted by Crippen LogP contribution is 2.29. The summed E-state index contributed by atoms with van der Waals surface area (Å²) in [6, 6.07) is 6.36. The number of hydrogen-bond acceptors (Lipinski definition) is 4. The quantitative estimate of drug-likeness (QED) is 0.881. The van der Waals surface area contributed by atoms with Gasteiger partial charge in [0.2, 0.25) is 0 Å². The molecule has 2 heterocycles. The Kier molecular flexibility index (Phi) is 5.43. The number of carboxylic acid groups (broad SMARTS) is 1. The molecule has 1 saturated heterocycles. The molecule has 1 aromatic carbocycles. The van der Waals surface area contributed by atoms with Crippen molar-refractivity contribution < 1.29 is 19.1 Å². The first-order chi connectivity index (χ1) is 12.0. The highest BCUT2D eigenvalue weighted by Gasteiger charge is 2.26. The molecule has 1 N–H and O–H groups in total. The number of amides is 1. The van der Waals surface area contributed by atoms with Gasteiger partial charge in [-0.1, -0.05) is 12.1 Å². The van der Waals surface area contributed by atoms with Crippen LogP contribution in [0.2, 0.25) is 0 Å². The summed E-state index contributed by atoms with van der Waals surface area (Å²) in [5, 5.41) is 9.30. The number of piperidine rings is 1. The highest BCUT2D eigenvalue weighted by molar-refractivity contribution is 7.16. The van der Waals surface area contributed by atoms with Crippen molar-refractivity contribution >= 4 is 23.2 Å². The number of thiazole rings is 1. The largest absolute Gasteiger partial charge is 0.481 e. The minimum atomic E-state index is -0.805. The number of benzene rings is 1. The highest BCUT2D eigenvalue weighted by atomic mass is 32.1. The molecule has 0 spiro atoms. The molecule has 0 aliphatic carbocycles. The minimum absolute atomic E-state index is 0.111. The first-order valence-corrected chi connectivity index (χ1v) is 9.08. The fraction of sp³-hybridized carbons (Fsp3) is 0.389. The number of carbonyl (C=O) groups is 2. The molecule has 1 atom stereocenters. The van der Waals surface area contributed by atoms with Gasteiger partial charge in [0.1, 0.15) is 15.7 Å². The Labute approximate surface area is 149 Å². The third kappa shape index (κ3) is 4.22. The maximum absolute atomic E-state index is 13.9. The van der Waals surface area contributed by atoms with Crippen LogP contribution in [0.5, 0.6) is 0 Å². The van der Waals surface area contributed by atoms with Gasteiger partial charge in [-0.05, 0) is 37.3 Å². The van der Waals surface area contributed by atoms with Crippen molar-refractivity contribution in [1.29, 1.82) is 0 Å². The Balaban J connectivity index is 1.69. The number of aromatic nitrogens is 1. The van der Waals surface area contributed by atoms with Gasteiger partial charge < -0.3 is 10.0 Å². The van der Waals surface area contributed by atoms with E-state index in [9.17, 15) is 14.0 Å². The van der Waals surface area contributed by atoms with Gasteiger partial charge in [0.25, 0.3) is 5.91 Å². The van der Waals surface area contributed by atoms with Crippen LogP contribution in [0.25, 0.3) is 10.6 Å². The number of halogens is 1. The van der Waals surface area contributed by atoms with Crippen LogP contribution in [0.1, 0.15) is 35.4 Å². The third-order valence-electron chi connectivity index (χ3n) is 4.39. The molecule has 1 fully saturated rings. The fourth-order valence-electron chi connectivity index (χ4n) is 3.10. The third-order valence-corrected chi connectivity index (χ3v) is 5.41. The summed E-state index contributed by atoms with van der Waals surface area (Å²) >= 11 is 1.18. The average Bonchev–Trinajstić information content (AvgIpc) is 3.10. The van der Waals surface area contributed by atoms with E-state index in [1.165, 1.54) is 23.6 Å². The monoisotopic (exact) mass is 362 g/mol. The normalized spacial score (nSPS) is 17.5. The van der Waals surface area contributed by atoms with Crippen LogP contribution in [0.15, 0.2) is 30.5 Å². The molecular formula is C18H19FN2O3S. The molecule has 2 aromatic rings. The van der Waals surface area contributed by atoms with Gasteiger partial charge in [-0.3, -0.25) is 9.59 Å². The number of carboxylic acids is 1. The predicted molar refractivity (Wildman–Crippen MR) is 93.0 cm³/mol. The summed E-state index contributed by atoms with van der Waals surface area (Å²) in [4.78, 5) is 29.9. The van der Waals surface area contributed by atoms with Crippen molar-refractivity contribution in [3.05, 3.63) is 41.2 Å². The first-order valence-electron chi connectivity index (χ1n) is 8.26. The van der Waals surface area contributed by atoms with E-state index < -0.39 is 5.97 Å². The van der Waals surface area contributed by atoms with E-state index >= 15 is 0 Å². The zero-order valence-electron chi connectivity index (χ0n) is 13.7. The zero-order chi connectivity index (χ0) is 17.8. The minimum Gasteiger partial charge on any atom is -0.481 e. The van der Waals surface area contributed by atoms with Crippen molar-refractivity contribution in [3.8, 4) is 10.6 Å². The lowest BCUT2D eigenvalue weighted by Gasteiger charge is -2.32. The summed E-state index contributed by atoms with van der Waals surface area (Å²) in [6.07, 6.45) is 4.03. The van der Waals surface area contributed by atoms with Gasteiger partial charge in [-0.15, -0.1) is 11.3 Å². The lowest BCUT2D eigenvalue weighted by molar-refractivity contribution is -0.137. The lowest BCUT2D eigenvalue weighted by atomic mass is 9.93. The second-order valence-corrected chi connectivity index (χ2v) is 7.23. The molecule has 7 heteroatoms. The van der Waals surface area contributed by atoms with E-state index in [1.54, 1.807) is 23.1 Å². The Morgan fingerprint density at radius 1 is 1.36 bits per heavy atom. The Morgan fingerprint density at radius 2 is 2.16 bits per heavy atom. The predicted octanol–water partition coefficient (Wildman–Crippen LogP) is 3.67. The van der Waals surface area contributed by atoms with Gasteiger partial charge in [-0.2, -0.15) is 0 Å². The van der Waals surface area contributed by atoms with E-state index in [-0.39, 0.29) is 24.1 Å². The molecule has 1 aromatic heterocycles. The first kappa shape index (κ1) is 17.5. The molecule has 1 aliphatic heterocycles. The SMILES string of the molecule is O=C(O)CCC1CCCN(C(=O)c2cnc(-c3ccccc3F)s2)C1. The van der Waals surface area contributed by atoms with E-state index in [4.69, 9.17) is 5.11 Å². The molecule has 132 valence electrons. The molecule has 1 unspecified atom stereocenters. The summed E-state index contributed by atoms with van der Waals surface area (Å²) in [5.74, 6) is -1.06. The topological polar surface area (TPSA) is 70.5 Å². The Hall–Kier alpha value is -2.28. The molecule has 25 heavy (non-hydrogen) atoms. The van der Waals surface area contributed by atoms with Gasteiger partial charge in [0, 0.05) is 25.1 Å². The molecule has 1 amide bonds. The second kappa shape index (κ2) is 7.74. The van der Waals surface area contributed by atoms with Crippen LogP contribution in [-0.2, 0) is 4.79 Å². The number of rotatable bonds is 5. The Morgan fingerprint density at radius 3 is 2.92 bits per heavy atom. The number of nitrogens with zero attached hydrogens (tertiary/aromatic N) is 2. The van der Waals surface area contributed by atoms with Crippen LogP contribution in [-0.4, -0.2) is 40.0 Å². The van der Waals surface area contributed by atoms with Crippen molar-refractivity contribution in [2.24, 2.45) is 5.92 Å². The fourth-order valence-corrected chi connectivity index (χ4v) is 4.01. The van der Waals surface area contributed by atoms with Crippen LogP contribution in [0.3, 0.4) is 0 Å². The molecule has 0 bridgehead atoms. The van der Waals surface area contributed by atoms with Crippen LogP contribution in [0, 0.1) is 11.7 Å². The maximum Gasteiger partial charge on any atom is 0.303 e. The summed E-state index contributed by atoms with van der Waals surface area (Å²) in [5.41, 5.74) is 0.393. The van der Waals surface area contributed by atoms with Crippen molar-refractivity contribution in [1.82, 2.24) is 9.88 Å². The molecule has 0 saturated carbocycles. The standard InChI is InChI=1S/C18H19FN2O3S/c19-14-6-2-1-5-13(14)17-20-10-15(25-17)18(24)21-9-3-4-12(11-21)7-8-16(22)23/h1-2,5-6,10,12H,3-4,7-9,11H2,(H,22,23). The van der Waals surface area contributed by atoms with Crippen LogP contribution >= 0.6 is 11.3 Å². The van der Waals surface area contributed by atoms with Crippen molar-refractivity contribution in [2.45, 2.75) is 25.7 Å². The van der Waals surface area contributed by atoms with Crippen LogP contribution < -0.4 is 0 Å². The van der Waals surface area contributed by atoms with Gasteiger partial charge >= 0.3 is 5.97 Å². The molecule has 0 radical (unpaired) electrons. The molecule has 1 aliphatic rings. The summed E-state index contributed by atoms with van der Waals surface area (Å²) < 4.78 is 13.9. The molecule has 3 rings (SSSR count). The van der Waals surface area contributed by atoms with Crippen molar-refractivity contribution in [2.75, 3.05) is 13.1 Å². The maximum atomic E-state index is 13.9. The van der Waals surface area contributed by atoms with E-state index in [1.807, 2.05) is 0 Å². The second-order valence-electron chi connectivity index (χ2n) is 6.20. The molecular weight excluding hydrogens is 343 g/mol. The number of likely N-dealkylation sites (tertiary alicyclic amines) is 1. The smallest absolute Gasteiger partial charge is 0.303 e. The summed E-state index contributed by atoms with van der Waals surface area (Å²) in [6.45, 7) is 1.23. The van der Waals surface area contributed by atoms with E-state index in [2.05, 4.69) is 4.98 Å². The number of aliphatic carboxylic acids is 1. The van der Waals surface area contributed by atoms with E-state index in [0.717, 1.165) is 12.8 Å². The van der Waals surface area contributed by atoms with Crippen molar-refractivity contribution in [3.63, 3.8) is 0 Å². The van der Waals surface area contributed by atoms with Crippen LogP contribution in [0.4, 0.5) is 4.39 Å². The summed E-state index contributed by atoms with van der Waals surface area (Å²) in [7, 11) is 0. The van der Waals surface area contributed by atoms with Gasteiger partial charge in [0.15, 0.2) is 0 Å². The number of hydrogen-bond donors (Lipinski definition) is 1.